The van der Waals surface area contributed by atoms with Crippen LogP contribution >= 0.6 is 0 Å². The summed E-state index contributed by atoms with van der Waals surface area (Å²) < 4.78 is 19.9. The fraction of sp³-hybridized carbons (Fsp3) is 0.519. The van der Waals surface area contributed by atoms with Crippen molar-refractivity contribution in [2.45, 2.75) is 71.8 Å². The summed E-state index contributed by atoms with van der Waals surface area (Å²) in [6.45, 7) is 15.3. The zero-order chi connectivity index (χ0) is 25.4. The third-order valence-electron chi connectivity index (χ3n) is 5.87. The number of carbonyl (C=O) groups is 1. The lowest BCUT2D eigenvalue weighted by Crippen LogP contribution is -2.51. The number of hydrogen-bond donors (Lipinski definition) is 0. The van der Waals surface area contributed by atoms with Crippen LogP contribution in [0.1, 0.15) is 48.5 Å². The first-order valence-electron chi connectivity index (χ1n) is 12.1. The van der Waals surface area contributed by atoms with Crippen molar-refractivity contribution in [3.05, 3.63) is 42.9 Å². The zero-order valence-corrected chi connectivity index (χ0v) is 21.7. The number of pyridine rings is 1. The molecule has 0 N–H and O–H groups in total. The summed E-state index contributed by atoms with van der Waals surface area (Å²) in [4.78, 5) is 18.8. The first-order chi connectivity index (χ1) is 16.4. The first kappa shape index (κ1) is 25.0. The molecule has 0 bridgehead atoms. The van der Waals surface area contributed by atoms with Gasteiger partial charge < -0.3 is 19.1 Å². The Bertz CT molecular complexity index is 1190. The van der Waals surface area contributed by atoms with Gasteiger partial charge in [-0.05, 0) is 78.3 Å². The van der Waals surface area contributed by atoms with Gasteiger partial charge in [0.2, 0.25) is 0 Å². The van der Waals surface area contributed by atoms with Crippen molar-refractivity contribution in [1.82, 2.24) is 19.7 Å². The summed E-state index contributed by atoms with van der Waals surface area (Å²) in [6.07, 6.45) is 4.78. The molecule has 3 heterocycles. The molecule has 0 saturated carbocycles. The van der Waals surface area contributed by atoms with E-state index >= 15 is 0 Å². The number of amides is 1. The largest absolute Gasteiger partial charge is 0.487 e. The Hall–Kier alpha value is -3.13. The molecule has 1 aromatic carbocycles. The molecular formula is C27H36N4O4. The van der Waals surface area contributed by atoms with E-state index in [9.17, 15) is 4.79 Å². The number of aromatic nitrogens is 3. The van der Waals surface area contributed by atoms with Crippen LogP contribution in [0.15, 0.2) is 42.9 Å². The Morgan fingerprint density at radius 2 is 1.94 bits per heavy atom. The van der Waals surface area contributed by atoms with Crippen molar-refractivity contribution >= 4 is 17.0 Å². The van der Waals surface area contributed by atoms with Crippen LogP contribution in [0.25, 0.3) is 22.0 Å². The van der Waals surface area contributed by atoms with Crippen molar-refractivity contribution in [3.63, 3.8) is 0 Å². The minimum absolute atomic E-state index is 0.112. The van der Waals surface area contributed by atoms with Crippen LogP contribution in [0.4, 0.5) is 4.79 Å². The molecule has 0 spiro atoms. The smallest absolute Gasteiger partial charge is 0.410 e. The molecule has 0 aliphatic carbocycles. The van der Waals surface area contributed by atoms with Gasteiger partial charge in [0.25, 0.3) is 0 Å². The standard InChI is InChI=1S/C27H36N4O4/c1-18(24-17-30(11-12-33-24)25(32)35-27(5,6)7)34-23-14-19(13-22-21(23)9-8-10-28-22)20-15-29-31(16-20)26(2,3)4/h8-10,13-16,18,24H,11-12,17H2,1-7H3/t18-,24-/m0/s1. The monoisotopic (exact) mass is 480 g/mol. The molecule has 2 atom stereocenters. The lowest BCUT2D eigenvalue weighted by Gasteiger charge is -2.36. The highest BCUT2D eigenvalue weighted by Crippen LogP contribution is 2.33. The summed E-state index contributed by atoms with van der Waals surface area (Å²) >= 11 is 0. The molecule has 2 aromatic heterocycles. The molecule has 3 aromatic rings. The lowest BCUT2D eigenvalue weighted by molar-refractivity contribution is -0.0775. The lowest BCUT2D eigenvalue weighted by atomic mass is 10.0. The van der Waals surface area contributed by atoms with Crippen LogP contribution in [0.3, 0.4) is 0 Å². The highest BCUT2D eigenvalue weighted by atomic mass is 16.6. The molecule has 8 heteroatoms. The van der Waals surface area contributed by atoms with Gasteiger partial charge in [-0.2, -0.15) is 5.10 Å². The minimum atomic E-state index is -0.542. The van der Waals surface area contributed by atoms with Crippen LogP contribution in [0.2, 0.25) is 0 Å². The number of morpholine rings is 1. The summed E-state index contributed by atoms with van der Waals surface area (Å²) in [5.74, 6) is 0.722. The third kappa shape index (κ3) is 5.93. The van der Waals surface area contributed by atoms with E-state index in [1.165, 1.54) is 0 Å². The summed E-state index contributed by atoms with van der Waals surface area (Å²) in [7, 11) is 0. The normalized spacial score (nSPS) is 17.9. The summed E-state index contributed by atoms with van der Waals surface area (Å²) in [6, 6.07) is 7.98. The molecule has 1 aliphatic heterocycles. The Kier molecular flexibility index (Phi) is 6.77. The van der Waals surface area contributed by atoms with Crippen molar-refractivity contribution in [2.24, 2.45) is 0 Å². The van der Waals surface area contributed by atoms with Gasteiger partial charge in [0, 0.05) is 29.9 Å². The summed E-state index contributed by atoms with van der Waals surface area (Å²) in [5, 5.41) is 5.47. The second-order valence-corrected chi connectivity index (χ2v) is 11.0. The van der Waals surface area contributed by atoms with Gasteiger partial charge >= 0.3 is 6.09 Å². The van der Waals surface area contributed by atoms with E-state index in [2.05, 4.69) is 36.9 Å². The summed E-state index contributed by atoms with van der Waals surface area (Å²) in [5.41, 5.74) is 2.17. The Balaban J connectivity index is 1.57. The maximum atomic E-state index is 12.6. The van der Waals surface area contributed by atoms with Crippen LogP contribution in [-0.4, -0.2) is 63.3 Å². The Morgan fingerprint density at radius 1 is 1.17 bits per heavy atom. The maximum absolute atomic E-state index is 12.6. The molecule has 1 amide bonds. The van der Waals surface area contributed by atoms with E-state index in [1.807, 2.05) is 63.0 Å². The molecule has 4 rings (SSSR count). The topological polar surface area (TPSA) is 78.7 Å². The van der Waals surface area contributed by atoms with Crippen LogP contribution < -0.4 is 4.74 Å². The molecular weight excluding hydrogens is 444 g/mol. The molecule has 0 radical (unpaired) electrons. The minimum Gasteiger partial charge on any atom is -0.487 e. The molecule has 1 fully saturated rings. The molecule has 0 unspecified atom stereocenters. The van der Waals surface area contributed by atoms with E-state index in [1.54, 1.807) is 11.1 Å². The second kappa shape index (κ2) is 9.49. The van der Waals surface area contributed by atoms with Crippen molar-refractivity contribution < 1.29 is 19.0 Å². The van der Waals surface area contributed by atoms with E-state index < -0.39 is 5.60 Å². The average Bonchev–Trinajstić information content (AvgIpc) is 3.29. The maximum Gasteiger partial charge on any atom is 0.410 e. The van der Waals surface area contributed by atoms with Gasteiger partial charge in [-0.3, -0.25) is 9.67 Å². The molecule has 1 aliphatic rings. The van der Waals surface area contributed by atoms with Crippen molar-refractivity contribution in [2.75, 3.05) is 19.7 Å². The predicted octanol–water partition coefficient (Wildman–Crippen LogP) is 5.26. The zero-order valence-electron chi connectivity index (χ0n) is 21.7. The number of nitrogens with zero attached hydrogens (tertiary/aromatic N) is 4. The fourth-order valence-corrected chi connectivity index (χ4v) is 3.98. The van der Waals surface area contributed by atoms with Crippen LogP contribution in [0, 0.1) is 0 Å². The third-order valence-corrected chi connectivity index (χ3v) is 5.87. The van der Waals surface area contributed by atoms with Gasteiger partial charge in [0.05, 0.1) is 30.4 Å². The number of hydrogen-bond acceptors (Lipinski definition) is 6. The van der Waals surface area contributed by atoms with Crippen molar-refractivity contribution in [3.8, 4) is 16.9 Å². The number of benzene rings is 1. The van der Waals surface area contributed by atoms with Gasteiger partial charge in [0.15, 0.2) is 0 Å². The van der Waals surface area contributed by atoms with E-state index in [-0.39, 0.29) is 23.8 Å². The predicted molar refractivity (Wildman–Crippen MR) is 136 cm³/mol. The van der Waals surface area contributed by atoms with E-state index in [4.69, 9.17) is 14.2 Å². The Labute approximate surface area is 207 Å². The number of rotatable bonds is 4. The number of ether oxygens (including phenoxy) is 3. The number of fused-ring (bicyclic) bond motifs is 1. The highest BCUT2D eigenvalue weighted by molar-refractivity contribution is 5.89. The SMILES string of the molecule is C[C@H](Oc1cc(-c2cnn(C(C)(C)C)c2)cc2ncccc12)[C@@H]1CN(C(=O)OC(C)(C)C)CCO1. The highest BCUT2D eigenvalue weighted by Gasteiger charge is 2.32. The van der Waals surface area contributed by atoms with Gasteiger partial charge in [-0.15, -0.1) is 0 Å². The molecule has 1 saturated heterocycles. The average molecular weight is 481 g/mol. The molecule has 8 nitrogen and oxygen atoms in total. The fourth-order valence-electron chi connectivity index (χ4n) is 3.98. The van der Waals surface area contributed by atoms with E-state index in [0.717, 1.165) is 27.8 Å². The van der Waals surface area contributed by atoms with Crippen LogP contribution in [0.5, 0.6) is 5.75 Å². The van der Waals surface area contributed by atoms with Gasteiger partial charge in [0.1, 0.15) is 23.6 Å². The van der Waals surface area contributed by atoms with Crippen LogP contribution in [-0.2, 0) is 15.0 Å². The van der Waals surface area contributed by atoms with Gasteiger partial charge in [-0.1, -0.05) is 0 Å². The Morgan fingerprint density at radius 3 is 2.63 bits per heavy atom. The quantitative estimate of drug-likeness (QED) is 0.507. The second-order valence-electron chi connectivity index (χ2n) is 11.0. The van der Waals surface area contributed by atoms with Gasteiger partial charge in [-0.25, -0.2) is 4.79 Å². The molecule has 35 heavy (non-hydrogen) atoms. The van der Waals surface area contributed by atoms with Crippen molar-refractivity contribution in [1.29, 1.82) is 0 Å². The first-order valence-corrected chi connectivity index (χ1v) is 12.1. The number of carbonyl (C=O) groups excluding carboxylic acids is 1. The molecule has 188 valence electrons. The van der Waals surface area contributed by atoms with E-state index in [0.29, 0.717) is 19.7 Å².